The number of aryl methyl sites for hydroxylation is 1. The number of hydrogen-bond donors (Lipinski definition) is 2. The number of anilines is 2. The number of nitrogens with one attached hydrogen (secondary N) is 2. The average molecular weight is 354 g/mol. The highest BCUT2D eigenvalue weighted by Gasteiger charge is 2.12. The van der Waals surface area contributed by atoms with Crippen LogP contribution in [0.15, 0.2) is 54.9 Å². The van der Waals surface area contributed by atoms with Crippen molar-refractivity contribution in [3.05, 3.63) is 77.0 Å². The zero-order valence-corrected chi connectivity index (χ0v) is 14.3. The fraction of sp³-hybridized carbons (Fsp3) is 0.111. The Morgan fingerprint density at radius 2 is 2.00 bits per heavy atom. The van der Waals surface area contributed by atoms with E-state index >= 15 is 0 Å². The van der Waals surface area contributed by atoms with Crippen LogP contribution in [0.25, 0.3) is 0 Å². The standard InChI is InChI=1S/C18H16ClN5O/c1-12-22-16(18(25)24-15-7-3-2-6-14(15)19)9-17(23-12)21-11-13-5-4-8-20-10-13/h2-10H,11H2,1H3,(H,24,25)(H,21,22,23). The SMILES string of the molecule is Cc1nc(NCc2cccnc2)cc(C(=O)Nc2ccccc2Cl)n1. The Morgan fingerprint density at radius 3 is 2.76 bits per heavy atom. The predicted octanol–water partition coefficient (Wildman–Crippen LogP) is 3.70. The maximum absolute atomic E-state index is 12.4. The van der Waals surface area contributed by atoms with Crippen molar-refractivity contribution in [3.63, 3.8) is 0 Å². The zero-order valence-electron chi connectivity index (χ0n) is 13.5. The van der Waals surface area contributed by atoms with E-state index < -0.39 is 0 Å². The fourth-order valence-corrected chi connectivity index (χ4v) is 2.40. The number of carbonyl (C=O) groups is 1. The van der Waals surface area contributed by atoms with E-state index in [1.165, 1.54) is 0 Å². The molecule has 0 radical (unpaired) electrons. The molecule has 3 rings (SSSR count). The number of benzene rings is 1. The Hall–Kier alpha value is -2.99. The van der Waals surface area contributed by atoms with E-state index in [0.717, 1.165) is 5.56 Å². The first-order valence-electron chi connectivity index (χ1n) is 7.66. The minimum absolute atomic E-state index is 0.265. The second kappa shape index (κ2) is 7.72. The molecule has 0 aliphatic heterocycles. The van der Waals surface area contributed by atoms with Crippen LogP contribution in [0, 0.1) is 6.92 Å². The third-order valence-electron chi connectivity index (χ3n) is 3.39. The van der Waals surface area contributed by atoms with Gasteiger partial charge < -0.3 is 10.6 Å². The first kappa shape index (κ1) is 16.9. The summed E-state index contributed by atoms with van der Waals surface area (Å²) in [4.78, 5) is 25.0. The molecule has 2 aromatic heterocycles. The van der Waals surface area contributed by atoms with Crippen LogP contribution in [0.4, 0.5) is 11.5 Å². The molecule has 7 heteroatoms. The molecule has 0 unspecified atom stereocenters. The second-order valence-corrected chi connectivity index (χ2v) is 5.74. The van der Waals surface area contributed by atoms with Gasteiger partial charge in [-0.15, -0.1) is 0 Å². The molecule has 25 heavy (non-hydrogen) atoms. The van der Waals surface area contributed by atoms with Gasteiger partial charge in [0.1, 0.15) is 17.3 Å². The molecule has 2 N–H and O–H groups in total. The lowest BCUT2D eigenvalue weighted by molar-refractivity contribution is 0.102. The number of rotatable bonds is 5. The fourth-order valence-electron chi connectivity index (χ4n) is 2.22. The summed E-state index contributed by atoms with van der Waals surface area (Å²) < 4.78 is 0. The molecular formula is C18H16ClN5O. The average Bonchev–Trinajstić information content (AvgIpc) is 2.62. The maximum Gasteiger partial charge on any atom is 0.274 e. The number of para-hydroxylation sites is 1. The van der Waals surface area contributed by atoms with Gasteiger partial charge in [-0.25, -0.2) is 9.97 Å². The lowest BCUT2D eigenvalue weighted by Gasteiger charge is -2.10. The van der Waals surface area contributed by atoms with Gasteiger partial charge in [-0.2, -0.15) is 0 Å². The summed E-state index contributed by atoms with van der Waals surface area (Å²) in [5, 5.41) is 6.40. The molecule has 0 fully saturated rings. The minimum atomic E-state index is -0.344. The smallest absolute Gasteiger partial charge is 0.274 e. The summed E-state index contributed by atoms with van der Waals surface area (Å²) in [7, 11) is 0. The molecule has 0 spiro atoms. The van der Waals surface area contributed by atoms with Crippen LogP contribution < -0.4 is 10.6 Å². The van der Waals surface area contributed by atoms with Crippen molar-refractivity contribution in [2.75, 3.05) is 10.6 Å². The van der Waals surface area contributed by atoms with Crippen molar-refractivity contribution in [1.29, 1.82) is 0 Å². The summed E-state index contributed by atoms with van der Waals surface area (Å²) in [5.74, 6) is 0.726. The van der Waals surface area contributed by atoms with Gasteiger partial charge >= 0.3 is 0 Å². The molecule has 0 saturated carbocycles. The Balaban J connectivity index is 1.74. The summed E-state index contributed by atoms with van der Waals surface area (Å²) >= 11 is 6.07. The Morgan fingerprint density at radius 1 is 1.16 bits per heavy atom. The van der Waals surface area contributed by atoms with Crippen LogP contribution in [0.3, 0.4) is 0 Å². The molecule has 0 atom stereocenters. The quantitative estimate of drug-likeness (QED) is 0.731. The molecule has 0 saturated heterocycles. The minimum Gasteiger partial charge on any atom is -0.366 e. The number of hydrogen-bond acceptors (Lipinski definition) is 5. The van der Waals surface area contributed by atoms with Crippen LogP contribution in [0.2, 0.25) is 5.02 Å². The number of nitrogens with zero attached hydrogens (tertiary/aromatic N) is 3. The van der Waals surface area contributed by atoms with Gasteiger partial charge in [-0.05, 0) is 30.7 Å². The third-order valence-corrected chi connectivity index (χ3v) is 3.72. The summed E-state index contributed by atoms with van der Waals surface area (Å²) in [6.45, 7) is 2.29. The molecule has 126 valence electrons. The first-order valence-corrected chi connectivity index (χ1v) is 8.04. The molecule has 2 heterocycles. The summed E-state index contributed by atoms with van der Waals surface area (Å²) in [6, 6.07) is 12.5. The van der Waals surface area contributed by atoms with Crippen molar-refractivity contribution >= 4 is 29.0 Å². The summed E-state index contributed by atoms with van der Waals surface area (Å²) in [6.07, 6.45) is 3.49. The van der Waals surface area contributed by atoms with Crippen molar-refractivity contribution in [1.82, 2.24) is 15.0 Å². The molecule has 1 amide bonds. The van der Waals surface area contributed by atoms with Gasteiger partial charge in [0.15, 0.2) is 0 Å². The molecule has 0 bridgehead atoms. The highest BCUT2D eigenvalue weighted by Crippen LogP contribution is 2.21. The van der Waals surface area contributed by atoms with E-state index in [1.807, 2.05) is 12.1 Å². The number of carbonyl (C=O) groups excluding carboxylic acids is 1. The van der Waals surface area contributed by atoms with E-state index in [4.69, 9.17) is 11.6 Å². The highest BCUT2D eigenvalue weighted by atomic mass is 35.5. The van der Waals surface area contributed by atoms with Gasteiger partial charge in [0.05, 0.1) is 10.7 Å². The Kier molecular flexibility index (Phi) is 5.20. The number of aromatic nitrogens is 3. The molecule has 3 aromatic rings. The molecule has 0 aliphatic rings. The van der Waals surface area contributed by atoms with E-state index in [2.05, 4.69) is 25.6 Å². The second-order valence-electron chi connectivity index (χ2n) is 5.33. The van der Waals surface area contributed by atoms with Gasteiger partial charge in [0.25, 0.3) is 5.91 Å². The van der Waals surface area contributed by atoms with Crippen LogP contribution in [-0.4, -0.2) is 20.9 Å². The maximum atomic E-state index is 12.4. The monoisotopic (exact) mass is 353 g/mol. The van der Waals surface area contributed by atoms with Gasteiger partial charge in [-0.1, -0.05) is 29.8 Å². The van der Waals surface area contributed by atoms with E-state index in [1.54, 1.807) is 49.6 Å². The van der Waals surface area contributed by atoms with Gasteiger partial charge in [0, 0.05) is 25.0 Å². The lowest BCUT2D eigenvalue weighted by Crippen LogP contribution is -2.16. The number of amides is 1. The molecule has 6 nitrogen and oxygen atoms in total. The topological polar surface area (TPSA) is 79.8 Å². The largest absolute Gasteiger partial charge is 0.366 e. The van der Waals surface area contributed by atoms with Crippen LogP contribution in [0.5, 0.6) is 0 Å². The molecule has 1 aromatic carbocycles. The van der Waals surface area contributed by atoms with Crippen molar-refractivity contribution < 1.29 is 4.79 Å². The van der Waals surface area contributed by atoms with E-state index in [0.29, 0.717) is 28.9 Å². The highest BCUT2D eigenvalue weighted by molar-refractivity contribution is 6.33. The van der Waals surface area contributed by atoms with Crippen molar-refractivity contribution in [3.8, 4) is 0 Å². The summed E-state index contributed by atoms with van der Waals surface area (Å²) in [5.41, 5.74) is 1.82. The molecule has 0 aliphatic carbocycles. The van der Waals surface area contributed by atoms with Crippen LogP contribution in [-0.2, 0) is 6.54 Å². The first-order chi connectivity index (χ1) is 12.1. The van der Waals surface area contributed by atoms with Crippen molar-refractivity contribution in [2.24, 2.45) is 0 Å². The zero-order chi connectivity index (χ0) is 17.6. The van der Waals surface area contributed by atoms with Crippen LogP contribution >= 0.6 is 11.6 Å². The Bertz CT molecular complexity index is 886. The lowest BCUT2D eigenvalue weighted by atomic mass is 10.2. The Labute approximate surface area is 150 Å². The third kappa shape index (κ3) is 4.51. The molecular weight excluding hydrogens is 338 g/mol. The van der Waals surface area contributed by atoms with Crippen molar-refractivity contribution in [2.45, 2.75) is 13.5 Å². The normalized spacial score (nSPS) is 10.3. The van der Waals surface area contributed by atoms with Gasteiger partial charge in [-0.3, -0.25) is 9.78 Å². The predicted molar refractivity (Wildman–Crippen MR) is 97.7 cm³/mol. The van der Waals surface area contributed by atoms with Crippen LogP contribution in [0.1, 0.15) is 21.9 Å². The van der Waals surface area contributed by atoms with E-state index in [9.17, 15) is 4.79 Å². The number of halogens is 1. The van der Waals surface area contributed by atoms with E-state index in [-0.39, 0.29) is 11.6 Å². The number of pyridine rings is 1. The van der Waals surface area contributed by atoms with Gasteiger partial charge in [0.2, 0.25) is 0 Å².